The number of piperidine rings is 1. The van der Waals surface area contributed by atoms with E-state index in [0.717, 1.165) is 12.8 Å². The molecule has 2 N–H and O–H groups in total. The van der Waals surface area contributed by atoms with Crippen molar-refractivity contribution < 1.29 is 8.42 Å². The van der Waals surface area contributed by atoms with Crippen LogP contribution < -0.4 is 5.73 Å². The molecule has 1 aromatic carbocycles. The summed E-state index contributed by atoms with van der Waals surface area (Å²) in [7, 11) is -3.46. The van der Waals surface area contributed by atoms with Crippen LogP contribution in [0.1, 0.15) is 19.8 Å². The third-order valence-corrected chi connectivity index (χ3v) is 6.90. The second kappa shape index (κ2) is 6.32. The topological polar surface area (TPSA) is 63.4 Å². The highest BCUT2D eigenvalue weighted by Crippen LogP contribution is 2.29. The van der Waals surface area contributed by atoms with Crippen molar-refractivity contribution in [3.8, 4) is 0 Å². The van der Waals surface area contributed by atoms with Gasteiger partial charge in [0.25, 0.3) is 0 Å². The van der Waals surface area contributed by atoms with Gasteiger partial charge in [-0.05, 0) is 59.8 Å². The van der Waals surface area contributed by atoms with Gasteiger partial charge in [0, 0.05) is 23.6 Å². The van der Waals surface area contributed by atoms with E-state index in [0.29, 0.717) is 28.5 Å². The van der Waals surface area contributed by atoms with Gasteiger partial charge in [-0.2, -0.15) is 4.31 Å². The standard InChI is InChI=1S/C13H18BrClN2O2S/c1-9(16)10-4-6-17(7-5-10)20(18,19)11-2-3-12(14)13(15)8-11/h2-3,8-10H,4-7,16H2,1H3. The lowest BCUT2D eigenvalue weighted by Gasteiger charge is -2.32. The van der Waals surface area contributed by atoms with E-state index < -0.39 is 10.0 Å². The van der Waals surface area contributed by atoms with Gasteiger partial charge in [0.2, 0.25) is 10.0 Å². The molecule has 0 radical (unpaired) electrons. The molecule has 1 unspecified atom stereocenters. The summed E-state index contributed by atoms with van der Waals surface area (Å²) in [6.07, 6.45) is 1.61. The first-order valence-electron chi connectivity index (χ1n) is 6.53. The number of hydrogen-bond donors (Lipinski definition) is 1. The first-order valence-corrected chi connectivity index (χ1v) is 9.14. The Balaban J connectivity index is 2.17. The SMILES string of the molecule is CC(N)C1CCN(S(=O)(=O)c2ccc(Br)c(Cl)c2)CC1. The molecular formula is C13H18BrClN2O2S. The van der Waals surface area contributed by atoms with Crippen LogP contribution in [0.3, 0.4) is 0 Å². The van der Waals surface area contributed by atoms with E-state index in [1.807, 2.05) is 6.92 Å². The Hall–Kier alpha value is -0.140. The number of benzene rings is 1. The van der Waals surface area contributed by atoms with Crippen LogP contribution in [-0.2, 0) is 10.0 Å². The summed E-state index contributed by atoms with van der Waals surface area (Å²) in [6.45, 7) is 3.01. The molecule has 0 spiro atoms. The lowest BCUT2D eigenvalue weighted by molar-refractivity contribution is 0.250. The predicted octanol–water partition coefficient (Wildman–Crippen LogP) is 2.85. The molecule has 1 atom stereocenters. The molecule has 0 bridgehead atoms. The van der Waals surface area contributed by atoms with E-state index in [4.69, 9.17) is 17.3 Å². The van der Waals surface area contributed by atoms with Crippen molar-refractivity contribution in [1.29, 1.82) is 0 Å². The minimum absolute atomic E-state index is 0.113. The Kier molecular flexibility index (Phi) is 5.13. The second-order valence-electron chi connectivity index (χ2n) is 5.18. The highest BCUT2D eigenvalue weighted by atomic mass is 79.9. The fourth-order valence-electron chi connectivity index (χ4n) is 2.43. The predicted molar refractivity (Wildman–Crippen MR) is 84.3 cm³/mol. The summed E-state index contributed by atoms with van der Waals surface area (Å²) in [5, 5.41) is 0.400. The van der Waals surface area contributed by atoms with Gasteiger partial charge >= 0.3 is 0 Å². The zero-order chi connectivity index (χ0) is 14.9. The fraction of sp³-hybridized carbons (Fsp3) is 0.538. The molecule has 4 nitrogen and oxygen atoms in total. The summed E-state index contributed by atoms with van der Waals surface area (Å²) < 4.78 is 27.3. The highest BCUT2D eigenvalue weighted by molar-refractivity contribution is 9.10. The molecule has 1 aliphatic heterocycles. The van der Waals surface area contributed by atoms with Gasteiger partial charge in [0.1, 0.15) is 0 Å². The van der Waals surface area contributed by atoms with E-state index in [2.05, 4.69) is 15.9 Å². The molecule has 1 aromatic rings. The maximum absolute atomic E-state index is 12.5. The number of rotatable bonds is 3. The molecule has 7 heteroatoms. The molecule has 112 valence electrons. The van der Waals surface area contributed by atoms with Crippen LogP contribution in [0.25, 0.3) is 0 Å². The van der Waals surface area contributed by atoms with Gasteiger partial charge in [-0.15, -0.1) is 0 Å². The maximum atomic E-state index is 12.5. The monoisotopic (exact) mass is 380 g/mol. The number of sulfonamides is 1. The second-order valence-corrected chi connectivity index (χ2v) is 8.38. The average molecular weight is 382 g/mol. The first-order chi connectivity index (χ1) is 9.32. The summed E-state index contributed by atoms with van der Waals surface area (Å²) in [5.41, 5.74) is 5.88. The van der Waals surface area contributed by atoms with Crippen LogP contribution in [-0.4, -0.2) is 31.9 Å². The molecule has 1 fully saturated rings. The maximum Gasteiger partial charge on any atom is 0.243 e. The van der Waals surface area contributed by atoms with E-state index in [9.17, 15) is 8.42 Å². The molecule has 1 aliphatic rings. The molecule has 0 aliphatic carbocycles. The van der Waals surface area contributed by atoms with Gasteiger partial charge < -0.3 is 5.73 Å². The highest BCUT2D eigenvalue weighted by Gasteiger charge is 2.30. The molecule has 1 saturated heterocycles. The number of hydrogen-bond acceptors (Lipinski definition) is 3. The Bertz CT molecular complexity index is 584. The van der Waals surface area contributed by atoms with E-state index >= 15 is 0 Å². The van der Waals surface area contributed by atoms with E-state index in [1.54, 1.807) is 12.1 Å². The normalized spacial score (nSPS) is 20.0. The van der Waals surface area contributed by atoms with Crippen molar-refractivity contribution in [3.05, 3.63) is 27.7 Å². The van der Waals surface area contributed by atoms with Gasteiger partial charge in [0.15, 0.2) is 0 Å². The molecule has 0 aromatic heterocycles. The van der Waals surface area contributed by atoms with Crippen LogP contribution in [0.2, 0.25) is 5.02 Å². The van der Waals surface area contributed by atoms with Crippen LogP contribution in [0, 0.1) is 5.92 Å². The largest absolute Gasteiger partial charge is 0.328 e. The van der Waals surface area contributed by atoms with E-state index in [1.165, 1.54) is 10.4 Å². The Morgan fingerprint density at radius 3 is 2.50 bits per heavy atom. The Morgan fingerprint density at radius 1 is 1.40 bits per heavy atom. The lowest BCUT2D eigenvalue weighted by Crippen LogP contribution is -2.42. The smallest absolute Gasteiger partial charge is 0.243 e. The molecule has 1 heterocycles. The van der Waals surface area contributed by atoms with Crippen molar-refractivity contribution >= 4 is 37.6 Å². The van der Waals surface area contributed by atoms with Gasteiger partial charge in [-0.3, -0.25) is 0 Å². The lowest BCUT2D eigenvalue weighted by atomic mass is 9.92. The quantitative estimate of drug-likeness (QED) is 0.875. The fourth-order valence-corrected chi connectivity index (χ4v) is 4.42. The Labute approximate surface area is 133 Å². The summed E-state index contributed by atoms with van der Waals surface area (Å²) >= 11 is 9.24. The third kappa shape index (κ3) is 3.36. The van der Waals surface area contributed by atoms with Crippen LogP contribution in [0.15, 0.2) is 27.6 Å². The molecular weight excluding hydrogens is 364 g/mol. The third-order valence-electron chi connectivity index (χ3n) is 3.77. The number of nitrogens with zero attached hydrogens (tertiary/aromatic N) is 1. The first kappa shape index (κ1) is 16.2. The summed E-state index contributed by atoms with van der Waals surface area (Å²) in [4.78, 5) is 0.241. The van der Waals surface area contributed by atoms with Gasteiger partial charge in [-0.25, -0.2) is 8.42 Å². The number of halogens is 2. The minimum atomic E-state index is -3.46. The number of nitrogens with two attached hydrogens (primary N) is 1. The summed E-state index contributed by atoms with van der Waals surface area (Å²) in [6, 6.07) is 4.83. The van der Waals surface area contributed by atoms with Crippen molar-refractivity contribution in [2.45, 2.75) is 30.7 Å². The minimum Gasteiger partial charge on any atom is -0.328 e. The van der Waals surface area contributed by atoms with Crippen molar-refractivity contribution in [2.24, 2.45) is 11.7 Å². The van der Waals surface area contributed by atoms with E-state index in [-0.39, 0.29) is 10.9 Å². The van der Waals surface area contributed by atoms with Crippen LogP contribution in [0.4, 0.5) is 0 Å². The van der Waals surface area contributed by atoms with Crippen molar-refractivity contribution in [3.63, 3.8) is 0 Å². The van der Waals surface area contributed by atoms with Crippen molar-refractivity contribution in [2.75, 3.05) is 13.1 Å². The van der Waals surface area contributed by atoms with Gasteiger partial charge in [-0.1, -0.05) is 11.6 Å². The molecule has 0 saturated carbocycles. The average Bonchev–Trinajstić information content (AvgIpc) is 2.41. The molecule has 20 heavy (non-hydrogen) atoms. The summed E-state index contributed by atoms with van der Waals surface area (Å²) in [5.74, 6) is 0.398. The Morgan fingerprint density at radius 2 is 2.00 bits per heavy atom. The van der Waals surface area contributed by atoms with Gasteiger partial charge in [0.05, 0.1) is 9.92 Å². The zero-order valence-corrected chi connectivity index (χ0v) is 14.4. The molecule has 2 rings (SSSR count). The van der Waals surface area contributed by atoms with Crippen LogP contribution in [0.5, 0.6) is 0 Å². The van der Waals surface area contributed by atoms with Crippen LogP contribution >= 0.6 is 27.5 Å². The molecule has 0 amide bonds. The zero-order valence-electron chi connectivity index (χ0n) is 11.2. The van der Waals surface area contributed by atoms with Crippen molar-refractivity contribution in [1.82, 2.24) is 4.31 Å².